The molecule has 6 amide bonds. The van der Waals surface area contributed by atoms with Crippen LogP contribution in [0.1, 0.15) is 120 Å². The van der Waals surface area contributed by atoms with Gasteiger partial charge in [-0.25, -0.2) is 4.79 Å². The van der Waals surface area contributed by atoms with E-state index >= 15 is 0 Å². The maximum Gasteiger partial charge on any atom is 0.506 e. The first-order valence-electron chi connectivity index (χ1n) is 19.5. The van der Waals surface area contributed by atoms with Crippen LogP contribution in [-0.4, -0.2) is 99.0 Å². The van der Waals surface area contributed by atoms with Crippen LogP contribution in [0.2, 0.25) is 0 Å². The molecule has 4 unspecified atom stereocenters. The van der Waals surface area contributed by atoms with Gasteiger partial charge >= 0.3 is 6.16 Å². The van der Waals surface area contributed by atoms with E-state index in [1.165, 1.54) is 36.4 Å². The number of ether oxygens (including phenoxy) is 2. The molecule has 4 atom stereocenters. The second-order valence-corrected chi connectivity index (χ2v) is 16.4. The normalized spacial score (nSPS) is 15.7. The molecule has 1 heterocycles. The smallest absolute Gasteiger partial charge is 0.450 e. The van der Waals surface area contributed by atoms with Crippen molar-refractivity contribution in [1.29, 1.82) is 0 Å². The van der Waals surface area contributed by atoms with Crippen LogP contribution in [-0.2, 0) is 44.8 Å². The van der Waals surface area contributed by atoms with E-state index in [0.717, 1.165) is 12.8 Å². The Hall–Kier alpha value is -4.18. The Morgan fingerprint density at radius 3 is 2.05 bits per heavy atom. The summed E-state index contributed by atoms with van der Waals surface area (Å²) in [7, 11) is 0. The molecule has 15 nitrogen and oxygen atoms in total. The second kappa shape index (κ2) is 25.1. The number of hydrogen-bond acceptors (Lipinski definition) is 10. The highest BCUT2D eigenvalue weighted by Gasteiger charge is 2.40. The van der Waals surface area contributed by atoms with Gasteiger partial charge in [0.1, 0.15) is 18.7 Å². The summed E-state index contributed by atoms with van der Waals surface area (Å²) >= 11 is 1.53. The number of anilines is 1. The van der Waals surface area contributed by atoms with Crippen molar-refractivity contribution in [3.05, 3.63) is 29.8 Å². The lowest BCUT2D eigenvalue weighted by atomic mass is 10.0. The molecule has 0 radical (unpaired) electrons. The summed E-state index contributed by atoms with van der Waals surface area (Å²) in [5.41, 5.74) is 0.212. The molecule has 56 heavy (non-hydrogen) atoms. The van der Waals surface area contributed by atoms with Gasteiger partial charge in [-0.15, -0.1) is 11.8 Å². The van der Waals surface area contributed by atoms with Crippen molar-refractivity contribution < 1.29 is 48.1 Å². The second-order valence-electron chi connectivity index (χ2n) is 14.9. The van der Waals surface area contributed by atoms with Gasteiger partial charge in [-0.2, -0.15) is 0 Å². The minimum absolute atomic E-state index is 0.00654. The summed E-state index contributed by atoms with van der Waals surface area (Å²) < 4.78 is 10.4. The van der Waals surface area contributed by atoms with Crippen LogP contribution < -0.4 is 21.3 Å². The largest absolute Gasteiger partial charge is 0.506 e. The quantitative estimate of drug-likeness (QED) is 0.0740. The molecule has 316 valence electrons. The van der Waals surface area contributed by atoms with Crippen LogP contribution in [0.5, 0.6) is 0 Å². The summed E-state index contributed by atoms with van der Waals surface area (Å²) in [6, 6.07) is 4.49. The van der Waals surface area contributed by atoms with Crippen LogP contribution in [0.4, 0.5) is 10.5 Å². The van der Waals surface area contributed by atoms with Gasteiger partial charge in [0.05, 0.1) is 29.9 Å². The third-order valence-electron chi connectivity index (χ3n) is 8.81. The maximum atomic E-state index is 13.1. The highest BCUT2D eigenvalue weighted by atomic mass is 32.2. The molecule has 1 aliphatic heterocycles. The highest BCUT2D eigenvalue weighted by Crippen LogP contribution is 2.31. The van der Waals surface area contributed by atoms with Crippen molar-refractivity contribution in [2.24, 2.45) is 5.92 Å². The molecule has 2 rings (SSSR count). The van der Waals surface area contributed by atoms with Gasteiger partial charge in [0.15, 0.2) is 0 Å². The van der Waals surface area contributed by atoms with E-state index in [-0.39, 0.29) is 62.7 Å². The minimum atomic E-state index is -1.39. The zero-order chi connectivity index (χ0) is 42.6. The Kier molecular flexibility index (Phi) is 22.4. The standard InChI is InChI=1S/C36H55N5O10S.C4H10/c1-9-26(10-2)52-27-18-30(44)41(34(27)47)16-15-28(42)40-36(7,8)20-51-22(5)17-29(43)39-31(21(3)4)33(46)37-23(6)32(45)38-25-13-11-24(12-14-25)19-50-35(48)49;1-3-4-2/h11-14,21-23,26-27,31H,9-10,15-20H2,1-8H3,(H,37,46)(H,38,45)(H,39,43)(H,40,42)(H,48,49);3-4H2,1-2H3. The van der Waals surface area contributed by atoms with E-state index in [1.807, 2.05) is 0 Å². The molecule has 1 aliphatic rings. The van der Waals surface area contributed by atoms with Crippen molar-refractivity contribution >= 4 is 59.0 Å². The van der Waals surface area contributed by atoms with E-state index in [4.69, 9.17) is 9.84 Å². The average Bonchev–Trinajstić information content (AvgIpc) is 3.40. The van der Waals surface area contributed by atoms with Gasteiger partial charge in [-0.05, 0) is 64.2 Å². The van der Waals surface area contributed by atoms with E-state index in [2.05, 4.69) is 53.7 Å². The van der Waals surface area contributed by atoms with Gasteiger partial charge in [0.2, 0.25) is 35.4 Å². The molecule has 0 spiro atoms. The Morgan fingerprint density at radius 1 is 0.911 bits per heavy atom. The Morgan fingerprint density at radius 2 is 1.52 bits per heavy atom. The van der Waals surface area contributed by atoms with Crippen molar-refractivity contribution in [2.45, 2.75) is 155 Å². The molecule has 0 aromatic heterocycles. The van der Waals surface area contributed by atoms with E-state index in [9.17, 15) is 33.6 Å². The average molecular weight is 808 g/mol. The Bertz CT molecular complexity index is 1450. The molecule has 16 heteroatoms. The molecular formula is C40H65N5O10S. The Labute approximate surface area is 336 Å². The summed E-state index contributed by atoms with van der Waals surface area (Å²) in [6.45, 7) is 18.7. The van der Waals surface area contributed by atoms with E-state index < -0.39 is 52.9 Å². The SMILES string of the molecule is CCC(CC)SC1CC(=O)N(CCC(=O)NC(C)(C)COC(C)CC(=O)NC(C(=O)NC(C)C(=O)Nc2ccc(COC(=O)O)cc2)C(C)C)C1=O.CCCC. The summed E-state index contributed by atoms with van der Waals surface area (Å²) in [4.78, 5) is 88.5. The number of unbranched alkanes of at least 4 members (excludes halogenated alkanes) is 1. The number of likely N-dealkylation sites (tertiary alicyclic amines) is 1. The fourth-order valence-electron chi connectivity index (χ4n) is 5.28. The Balaban J connectivity index is 0.00000373. The highest BCUT2D eigenvalue weighted by molar-refractivity contribution is 8.01. The number of thioether (sulfide) groups is 1. The van der Waals surface area contributed by atoms with Crippen molar-refractivity contribution in [2.75, 3.05) is 18.5 Å². The summed E-state index contributed by atoms with van der Waals surface area (Å²) in [6.07, 6.45) is 2.54. The zero-order valence-electron chi connectivity index (χ0n) is 34.8. The van der Waals surface area contributed by atoms with Gasteiger partial charge in [-0.3, -0.25) is 33.7 Å². The molecule has 0 bridgehead atoms. The number of hydrogen-bond donors (Lipinski definition) is 5. The molecule has 0 aliphatic carbocycles. The van der Waals surface area contributed by atoms with Gasteiger partial charge in [0.25, 0.3) is 0 Å². The van der Waals surface area contributed by atoms with Crippen LogP contribution in [0.3, 0.4) is 0 Å². The topological polar surface area (TPSA) is 210 Å². The van der Waals surface area contributed by atoms with Crippen LogP contribution in [0, 0.1) is 5.92 Å². The summed E-state index contributed by atoms with van der Waals surface area (Å²) in [5.74, 6) is -2.62. The number of carbonyl (C=O) groups excluding carboxylic acids is 6. The number of carbonyl (C=O) groups is 7. The summed E-state index contributed by atoms with van der Waals surface area (Å²) in [5, 5.41) is 19.4. The zero-order valence-corrected chi connectivity index (χ0v) is 35.6. The number of amides is 6. The molecule has 1 fully saturated rings. The van der Waals surface area contributed by atoms with Crippen molar-refractivity contribution in [1.82, 2.24) is 20.9 Å². The van der Waals surface area contributed by atoms with Gasteiger partial charge in [-0.1, -0.05) is 66.5 Å². The molecule has 1 aromatic carbocycles. The lowest BCUT2D eigenvalue weighted by Crippen LogP contribution is -2.54. The van der Waals surface area contributed by atoms with Crippen LogP contribution >= 0.6 is 11.8 Å². The number of carboxylic acid groups (broad SMARTS) is 1. The number of nitrogens with zero attached hydrogens (tertiary/aromatic N) is 1. The molecule has 5 N–H and O–H groups in total. The first-order chi connectivity index (χ1) is 26.3. The monoisotopic (exact) mass is 807 g/mol. The minimum Gasteiger partial charge on any atom is -0.450 e. The van der Waals surface area contributed by atoms with Gasteiger partial charge in [0, 0.05) is 30.3 Å². The predicted octanol–water partition coefficient (Wildman–Crippen LogP) is 5.40. The van der Waals surface area contributed by atoms with E-state index in [1.54, 1.807) is 58.9 Å². The fourth-order valence-corrected chi connectivity index (χ4v) is 6.62. The number of rotatable bonds is 22. The third kappa shape index (κ3) is 18.6. The lowest BCUT2D eigenvalue weighted by molar-refractivity contribution is -0.139. The van der Waals surface area contributed by atoms with Crippen LogP contribution in [0.25, 0.3) is 0 Å². The third-order valence-corrected chi connectivity index (χ3v) is 10.6. The number of imide groups is 1. The van der Waals surface area contributed by atoms with Crippen molar-refractivity contribution in [3.8, 4) is 0 Å². The van der Waals surface area contributed by atoms with Crippen molar-refractivity contribution in [3.63, 3.8) is 0 Å². The first kappa shape index (κ1) is 49.8. The molecular weight excluding hydrogens is 743 g/mol. The molecule has 1 saturated heterocycles. The number of nitrogens with one attached hydrogen (secondary N) is 4. The maximum absolute atomic E-state index is 13.1. The van der Waals surface area contributed by atoms with Gasteiger partial charge < -0.3 is 35.8 Å². The fraction of sp³-hybridized carbons (Fsp3) is 0.675. The first-order valence-corrected chi connectivity index (χ1v) is 20.5. The van der Waals surface area contributed by atoms with Crippen LogP contribution in [0.15, 0.2) is 24.3 Å². The predicted molar refractivity (Wildman–Crippen MR) is 217 cm³/mol. The van der Waals surface area contributed by atoms with E-state index in [0.29, 0.717) is 16.5 Å². The molecule has 0 saturated carbocycles. The molecule has 1 aromatic rings. The lowest BCUT2D eigenvalue weighted by Gasteiger charge is -2.28. The number of benzene rings is 1.